The fourth-order valence-electron chi connectivity index (χ4n) is 2.63. The van der Waals surface area contributed by atoms with Gasteiger partial charge in [0.2, 0.25) is 0 Å². The molecule has 1 aliphatic rings. The van der Waals surface area contributed by atoms with Gasteiger partial charge in [0.1, 0.15) is 0 Å². The van der Waals surface area contributed by atoms with Crippen molar-refractivity contribution in [3.05, 3.63) is 35.4 Å². The lowest BCUT2D eigenvalue weighted by molar-refractivity contribution is 0.300. The predicted molar refractivity (Wildman–Crippen MR) is 69.4 cm³/mol. The van der Waals surface area contributed by atoms with Gasteiger partial charge in [0, 0.05) is 12.6 Å². The highest BCUT2D eigenvalue weighted by molar-refractivity contribution is 5.32. The fraction of sp³-hybridized carbons (Fsp3) is 0.533. The minimum absolute atomic E-state index is 0.657. The molecule has 1 aromatic carbocycles. The first-order chi connectivity index (χ1) is 8.28. The summed E-state index contributed by atoms with van der Waals surface area (Å²) in [5, 5.41) is 12.5. The van der Waals surface area contributed by atoms with Crippen molar-refractivity contribution in [1.82, 2.24) is 5.32 Å². The van der Waals surface area contributed by atoms with E-state index < -0.39 is 0 Å². The second-order valence-electron chi connectivity index (χ2n) is 5.16. The predicted octanol–water partition coefficient (Wildman–Crippen LogP) is 3.23. The van der Waals surface area contributed by atoms with E-state index in [2.05, 4.69) is 24.4 Å². The van der Waals surface area contributed by atoms with E-state index in [4.69, 9.17) is 5.26 Å². The average molecular weight is 228 g/mol. The zero-order chi connectivity index (χ0) is 12.1. The Kier molecular flexibility index (Phi) is 4.17. The molecule has 0 saturated heterocycles. The summed E-state index contributed by atoms with van der Waals surface area (Å²) in [5.41, 5.74) is 1.96. The molecule has 1 aromatic rings. The Morgan fingerprint density at radius 2 is 2.29 bits per heavy atom. The molecule has 1 N–H and O–H groups in total. The number of rotatable bonds is 3. The summed E-state index contributed by atoms with van der Waals surface area (Å²) in [4.78, 5) is 0. The van der Waals surface area contributed by atoms with Crippen LogP contribution >= 0.6 is 0 Å². The Balaban J connectivity index is 1.87. The molecule has 17 heavy (non-hydrogen) atoms. The van der Waals surface area contributed by atoms with Crippen molar-refractivity contribution in [3.8, 4) is 6.07 Å². The van der Waals surface area contributed by atoms with Crippen LogP contribution in [-0.2, 0) is 6.54 Å². The number of benzene rings is 1. The number of hydrogen-bond acceptors (Lipinski definition) is 2. The van der Waals surface area contributed by atoms with E-state index in [9.17, 15) is 0 Å². The monoisotopic (exact) mass is 228 g/mol. The normalized spacial score (nSPS) is 24.2. The first kappa shape index (κ1) is 12.1. The van der Waals surface area contributed by atoms with Crippen LogP contribution in [0.5, 0.6) is 0 Å². The summed E-state index contributed by atoms with van der Waals surface area (Å²) in [5.74, 6) is 0.853. The molecule has 0 radical (unpaired) electrons. The van der Waals surface area contributed by atoms with E-state index in [0.717, 1.165) is 18.0 Å². The van der Waals surface area contributed by atoms with E-state index in [0.29, 0.717) is 6.04 Å². The molecule has 1 fully saturated rings. The van der Waals surface area contributed by atoms with Crippen molar-refractivity contribution in [2.24, 2.45) is 5.92 Å². The van der Waals surface area contributed by atoms with E-state index in [1.165, 1.54) is 31.2 Å². The van der Waals surface area contributed by atoms with Crippen LogP contribution in [0.15, 0.2) is 24.3 Å². The third kappa shape index (κ3) is 3.57. The molecule has 0 aromatic heterocycles. The minimum atomic E-state index is 0.657. The quantitative estimate of drug-likeness (QED) is 0.862. The zero-order valence-corrected chi connectivity index (χ0v) is 10.4. The number of nitrogens with zero attached hydrogens (tertiary/aromatic N) is 1. The minimum Gasteiger partial charge on any atom is -0.310 e. The third-order valence-electron chi connectivity index (χ3n) is 3.59. The molecular formula is C15H20N2. The Hall–Kier alpha value is -1.33. The summed E-state index contributed by atoms with van der Waals surface area (Å²) >= 11 is 0. The van der Waals surface area contributed by atoms with E-state index in [1.807, 2.05) is 18.2 Å². The molecule has 2 atom stereocenters. The lowest BCUT2D eigenvalue weighted by atomic mass is 9.87. The maximum absolute atomic E-state index is 8.84. The summed E-state index contributed by atoms with van der Waals surface area (Å²) in [6, 6.07) is 10.7. The van der Waals surface area contributed by atoms with Crippen LogP contribution in [-0.4, -0.2) is 6.04 Å². The maximum Gasteiger partial charge on any atom is 0.0991 e. The molecule has 1 aliphatic carbocycles. The second-order valence-corrected chi connectivity index (χ2v) is 5.16. The molecule has 0 spiro atoms. The van der Waals surface area contributed by atoms with Crippen LogP contribution in [0.2, 0.25) is 0 Å². The van der Waals surface area contributed by atoms with Crippen LogP contribution in [0.1, 0.15) is 43.7 Å². The van der Waals surface area contributed by atoms with Crippen molar-refractivity contribution < 1.29 is 0 Å². The topological polar surface area (TPSA) is 35.8 Å². The van der Waals surface area contributed by atoms with Gasteiger partial charge >= 0.3 is 0 Å². The van der Waals surface area contributed by atoms with Crippen molar-refractivity contribution in [1.29, 1.82) is 5.26 Å². The molecule has 2 unspecified atom stereocenters. The molecule has 0 heterocycles. The molecule has 0 amide bonds. The second kappa shape index (κ2) is 5.84. The van der Waals surface area contributed by atoms with Gasteiger partial charge in [-0.3, -0.25) is 0 Å². The molecule has 0 aliphatic heterocycles. The van der Waals surface area contributed by atoms with Gasteiger partial charge in [0.15, 0.2) is 0 Å². The van der Waals surface area contributed by atoms with E-state index in [1.54, 1.807) is 0 Å². The van der Waals surface area contributed by atoms with Gasteiger partial charge in [-0.1, -0.05) is 31.9 Å². The molecule has 0 bridgehead atoms. The van der Waals surface area contributed by atoms with Crippen LogP contribution in [0, 0.1) is 17.2 Å². The third-order valence-corrected chi connectivity index (χ3v) is 3.59. The van der Waals surface area contributed by atoms with Gasteiger partial charge in [-0.05, 0) is 36.5 Å². The van der Waals surface area contributed by atoms with Gasteiger partial charge in [-0.2, -0.15) is 5.26 Å². The van der Waals surface area contributed by atoms with Crippen LogP contribution < -0.4 is 5.32 Å². The highest BCUT2D eigenvalue weighted by Gasteiger charge is 2.17. The highest BCUT2D eigenvalue weighted by Crippen LogP contribution is 2.23. The van der Waals surface area contributed by atoms with Crippen LogP contribution in [0.3, 0.4) is 0 Å². The smallest absolute Gasteiger partial charge is 0.0991 e. The van der Waals surface area contributed by atoms with Gasteiger partial charge in [-0.25, -0.2) is 0 Å². The highest BCUT2D eigenvalue weighted by atomic mass is 14.9. The maximum atomic E-state index is 8.84. The Morgan fingerprint density at radius 1 is 1.41 bits per heavy atom. The molecule has 2 rings (SSSR count). The molecular weight excluding hydrogens is 208 g/mol. The lowest BCUT2D eigenvalue weighted by Crippen LogP contribution is -2.33. The Morgan fingerprint density at radius 3 is 3.06 bits per heavy atom. The summed E-state index contributed by atoms with van der Waals surface area (Å²) in [6.45, 7) is 3.22. The zero-order valence-electron chi connectivity index (χ0n) is 10.4. The van der Waals surface area contributed by atoms with Gasteiger partial charge < -0.3 is 5.32 Å². The molecule has 90 valence electrons. The number of hydrogen-bond donors (Lipinski definition) is 1. The number of nitrogens with one attached hydrogen (secondary N) is 1. The Labute approximate surface area is 104 Å². The van der Waals surface area contributed by atoms with E-state index >= 15 is 0 Å². The molecule has 2 nitrogen and oxygen atoms in total. The first-order valence-electron chi connectivity index (χ1n) is 6.50. The van der Waals surface area contributed by atoms with Crippen molar-refractivity contribution in [3.63, 3.8) is 0 Å². The van der Waals surface area contributed by atoms with E-state index in [-0.39, 0.29) is 0 Å². The van der Waals surface area contributed by atoms with Crippen molar-refractivity contribution in [2.45, 2.75) is 45.2 Å². The lowest BCUT2D eigenvalue weighted by Gasteiger charge is -2.27. The average Bonchev–Trinajstić information content (AvgIpc) is 2.37. The number of nitriles is 1. The SMILES string of the molecule is CC1CCCC(NCc2cccc(C#N)c2)C1. The molecule has 1 saturated carbocycles. The largest absolute Gasteiger partial charge is 0.310 e. The van der Waals surface area contributed by atoms with Crippen molar-refractivity contribution >= 4 is 0 Å². The summed E-state index contributed by atoms with van der Waals surface area (Å²) < 4.78 is 0. The van der Waals surface area contributed by atoms with Crippen molar-refractivity contribution in [2.75, 3.05) is 0 Å². The van der Waals surface area contributed by atoms with Gasteiger partial charge in [-0.15, -0.1) is 0 Å². The summed E-state index contributed by atoms with van der Waals surface area (Å²) in [6.07, 6.45) is 5.30. The van der Waals surface area contributed by atoms with Crippen LogP contribution in [0.25, 0.3) is 0 Å². The van der Waals surface area contributed by atoms with Gasteiger partial charge in [0.25, 0.3) is 0 Å². The van der Waals surface area contributed by atoms with Crippen LogP contribution in [0.4, 0.5) is 0 Å². The first-order valence-corrected chi connectivity index (χ1v) is 6.50. The molecule has 2 heteroatoms. The standard InChI is InChI=1S/C15H20N2/c1-12-4-2-7-15(8-12)17-11-14-6-3-5-13(9-14)10-16/h3,5-6,9,12,15,17H,2,4,7-8,11H2,1H3. The summed E-state index contributed by atoms with van der Waals surface area (Å²) in [7, 11) is 0. The Bertz CT molecular complexity index is 406. The fourth-order valence-corrected chi connectivity index (χ4v) is 2.63. The van der Waals surface area contributed by atoms with Gasteiger partial charge in [0.05, 0.1) is 11.6 Å².